The second kappa shape index (κ2) is 5.70. The largest absolute Gasteiger partial charge is 0.471 e. The van der Waals surface area contributed by atoms with Crippen molar-refractivity contribution in [2.24, 2.45) is 10.9 Å². The molecule has 86 valence electrons. The van der Waals surface area contributed by atoms with Crippen molar-refractivity contribution < 1.29 is 4.74 Å². The first-order chi connectivity index (χ1) is 8.40. The molecule has 0 spiro atoms. The number of benzene rings is 2. The number of hydrogen-bond donors (Lipinski definition) is 1. The standard InChI is InChI=1S/C14H14N2O/c15-16-14(13-9-5-2-6-10-13)17-11-12-7-3-1-4-8-12/h1-10H,11,15H2. The Hall–Kier alpha value is -2.29. The topological polar surface area (TPSA) is 47.6 Å². The van der Waals surface area contributed by atoms with Crippen molar-refractivity contribution >= 4 is 5.90 Å². The average Bonchev–Trinajstić information content (AvgIpc) is 2.42. The Morgan fingerprint density at radius 1 is 0.941 bits per heavy atom. The number of ether oxygens (including phenoxy) is 1. The molecule has 0 amide bonds. The number of hydrogen-bond acceptors (Lipinski definition) is 3. The van der Waals surface area contributed by atoms with Crippen molar-refractivity contribution in [1.29, 1.82) is 0 Å². The van der Waals surface area contributed by atoms with Crippen LogP contribution in [-0.2, 0) is 11.3 Å². The predicted octanol–water partition coefficient (Wildman–Crippen LogP) is 2.52. The Kier molecular flexibility index (Phi) is 3.76. The minimum atomic E-state index is 0.453. The van der Waals surface area contributed by atoms with Gasteiger partial charge in [0.05, 0.1) is 0 Å². The van der Waals surface area contributed by atoms with Crippen LogP contribution in [0.15, 0.2) is 65.8 Å². The van der Waals surface area contributed by atoms with Gasteiger partial charge in [-0.25, -0.2) is 0 Å². The van der Waals surface area contributed by atoms with E-state index in [0.29, 0.717) is 12.5 Å². The lowest BCUT2D eigenvalue weighted by Crippen LogP contribution is -2.09. The maximum absolute atomic E-state index is 5.59. The summed E-state index contributed by atoms with van der Waals surface area (Å²) in [6.45, 7) is 0.464. The van der Waals surface area contributed by atoms with Crippen LogP contribution in [0.4, 0.5) is 0 Å². The van der Waals surface area contributed by atoms with Crippen LogP contribution in [0.5, 0.6) is 0 Å². The Balaban J connectivity index is 2.03. The molecule has 2 aromatic rings. The smallest absolute Gasteiger partial charge is 0.237 e. The van der Waals surface area contributed by atoms with Crippen LogP contribution >= 0.6 is 0 Å². The molecule has 2 N–H and O–H groups in total. The zero-order valence-electron chi connectivity index (χ0n) is 9.41. The van der Waals surface area contributed by atoms with Gasteiger partial charge in [-0.05, 0) is 17.7 Å². The molecule has 0 saturated heterocycles. The van der Waals surface area contributed by atoms with Gasteiger partial charge in [-0.15, -0.1) is 5.10 Å². The van der Waals surface area contributed by atoms with Gasteiger partial charge < -0.3 is 10.6 Å². The van der Waals surface area contributed by atoms with Crippen molar-refractivity contribution in [3.05, 3.63) is 71.8 Å². The second-order valence-corrected chi connectivity index (χ2v) is 3.57. The molecule has 0 aliphatic carbocycles. The quantitative estimate of drug-likeness (QED) is 0.378. The average molecular weight is 226 g/mol. The molecule has 0 aromatic heterocycles. The maximum atomic E-state index is 5.59. The summed E-state index contributed by atoms with van der Waals surface area (Å²) in [6.07, 6.45) is 0. The number of rotatable bonds is 3. The molecule has 2 rings (SSSR count). The molecular weight excluding hydrogens is 212 g/mol. The highest BCUT2D eigenvalue weighted by molar-refractivity contribution is 5.93. The molecule has 0 aliphatic heterocycles. The SMILES string of the molecule is NN=C(OCc1ccccc1)c1ccccc1. The molecule has 0 heterocycles. The monoisotopic (exact) mass is 226 g/mol. The summed E-state index contributed by atoms with van der Waals surface area (Å²) in [6, 6.07) is 19.5. The first-order valence-electron chi connectivity index (χ1n) is 5.40. The minimum Gasteiger partial charge on any atom is -0.471 e. The molecule has 0 saturated carbocycles. The molecular formula is C14H14N2O. The molecule has 0 fully saturated rings. The van der Waals surface area contributed by atoms with Gasteiger partial charge in [0, 0.05) is 5.56 Å². The highest BCUT2D eigenvalue weighted by atomic mass is 16.5. The number of hydrazone groups is 1. The van der Waals surface area contributed by atoms with Crippen LogP contribution in [0.1, 0.15) is 11.1 Å². The minimum absolute atomic E-state index is 0.453. The molecule has 0 unspecified atom stereocenters. The third kappa shape index (κ3) is 3.08. The summed E-state index contributed by atoms with van der Waals surface area (Å²) >= 11 is 0. The second-order valence-electron chi connectivity index (χ2n) is 3.57. The lowest BCUT2D eigenvalue weighted by Gasteiger charge is -2.08. The summed E-state index contributed by atoms with van der Waals surface area (Å²) in [5.41, 5.74) is 1.97. The summed E-state index contributed by atoms with van der Waals surface area (Å²) in [4.78, 5) is 0. The van der Waals surface area contributed by atoms with Crippen LogP contribution in [0, 0.1) is 0 Å². The predicted molar refractivity (Wildman–Crippen MR) is 68.4 cm³/mol. The van der Waals surface area contributed by atoms with E-state index >= 15 is 0 Å². The van der Waals surface area contributed by atoms with Crippen molar-refractivity contribution in [2.45, 2.75) is 6.61 Å². The number of nitrogens with zero attached hydrogens (tertiary/aromatic N) is 1. The van der Waals surface area contributed by atoms with Crippen molar-refractivity contribution in [1.82, 2.24) is 0 Å². The summed E-state index contributed by atoms with van der Waals surface area (Å²) in [5.74, 6) is 5.79. The van der Waals surface area contributed by atoms with Gasteiger partial charge >= 0.3 is 0 Å². The van der Waals surface area contributed by atoms with Crippen LogP contribution < -0.4 is 5.84 Å². The van der Waals surface area contributed by atoms with E-state index in [9.17, 15) is 0 Å². The van der Waals surface area contributed by atoms with E-state index in [1.165, 1.54) is 0 Å². The van der Waals surface area contributed by atoms with E-state index in [1.54, 1.807) is 0 Å². The van der Waals surface area contributed by atoms with E-state index < -0.39 is 0 Å². The Morgan fingerprint density at radius 2 is 1.53 bits per heavy atom. The fraction of sp³-hybridized carbons (Fsp3) is 0.0714. The first-order valence-corrected chi connectivity index (χ1v) is 5.40. The number of nitrogens with two attached hydrogens (primary N) is 1. The van der Waals surface area contributed by atoms with Gasteiger partial charge in [0.25, 0.3) is 0 Å². The van der Waals surface area contributed by atoms with Gasteiger partial charge in [-0.3, -0.25) is 0 Å². The molecule has 3 heteroatoms. The molecule has 2 aromatic carbocycles. The fourth-order valence-electron chi connectivity index (χ4n) is 1.50. The van der Waals surface area contributed by atoms with Crippen LogP contribution in [-0.4, -0.2) is 5.90 Å². The van der Waals surface area contributed by atoms with E-state index in [1.807, 2.05) is 60.7 Å². The normalized spacial score (nSPS) is 11.2. The summed E-state index contributed by atoms with van der Waals surface area (Å²) < 4.78 is 5.59. The molecule has 3 nitrogen and oxygen atoms in total. The zero-order chi connectivity index (χ0) is 11.9. The van der Waals surface area contributed by atoms with Crippen LogP contribution in [0.2, 0.25) is 0 Å². The van der Waals surface area contributed by atoms with E-state index in [0.717, 1.165) is 11.1 Å². The van der Waals surface area contributed by atoms with Crippen LogP contribution in [0.3, 0.4) is 0 Å². The third-order valence-electron chi connectivity index (χ3n) is 2.36. The Labute approximate surface area is 101 Å². The van der Waals surface area contributed by atoms with E-state index in [-0.39, 0.29) is 0 Å². The van der Waals surface area contributed by atoms with Gasteiger partial charge in [-0.1, -0.05) is 48.5 Å². The lowest BCUT2D eigenvalue weighted by molar-refractivity contribution is 0.292. The Bertz CT molecular complexity index is 480. The fourth-order valence-corrected chi connectivity index (χ4v) is 1.50. The lowest BCUT2D eigenvalue weighted by atomic mass is 10.2. The highest BCUT2D eigenvalue weighted by Crippen LogP contribution is 2.06. The Morgan fingerprint density at radius 3 is 2.12 bits per heavy atom. The highest BCUT2D eigenvalue weighted by Gasteiger charge is 2.03. The zero-order valence-corrected chi connectivity index (χ0v) is 9.41. The maximum Gasteiger partial charge on any atom is 0.237 e. The van der Waals surface area contributed by atoms with E-state index in [2.05, 4.69) is 5.10 Å². The summed E-state index contributed by atoms with van der Waals surface area (Å²) in [7, 11) is 0. The third-order valence-corrected chi connectivity index (χ3v) is 2.36. The van der Waals surface area contributed by atoms with Crippen molar-refractivity contribution in [2.75, 3.05) is 0 Å². The van der Waals surface area contributed by atoms with Gasteiger partial charge in [0.2, 0.25) is 5.90 Å². The van der Waals surface area contributed by atoms with Gasteiger partial charge in [-0.2, -0.15) is 0 Å². The molecule has 17 heavy (non-hydrogen) atoms. The van der Waals surface area contributed by atoms with Crippen LogP contribution in [0.25, 0.3) is 0 Å². The molecule has 0 atom stereocenters. The first kappa shape index (κ1) is 11.2. The molecule has 0 bridgehead atoms. The van der Waals surface area contributed by atoms with Gasteiger partial charge in [0.15, 0.2) is 0 Å². The summed E-state index contributed by atoms with van der Waals surface area (Å²) in [5, 5.41) is 3.67. The molecule has 0 radical (unpaired) electrons. The van der Waals surface area contributed by atoms with E-state index in [4.69, 9.17) is 10.6 Å². The molecule has 0 aliphatic rings. The van der Waals surface area contributed by atoms with Crippen molar-refractivity contribution in [3.8, 4) is 0 Å². The van der Waals surface area contributed by atoms with Gasteiger partial charge in [0.1, 0.15) is 6.61 Å². The van der Waals surface area contributed by atoms with Crippen molar-refractivity contribution in [3.63, 3.8) is 0 Å².